The first-order valence-corrected chi connectivity index (χ1v) is 14.9. The SMILES string of the molecule is CC1OC(OC2CC(O)C3(CO)C4C(CCC3(O)C2)C2(O)CCC(C3=CC(=O)OC3)C2(C)C[C@H]4O)C(O)C(O)C1O. The van der Waals surface area contributed by atoms with E-state index in [1.54, 1.807) is 0 Å². The van der Waals surface area contributed by atoms with E-state index >= 15 is 0 Å². The van der Waals surface area contributed by atoms with Crippen molar-refractivity contribution in [1.29, 1.82) is 0 Å². The molecule has 6 rings (SSSR count). The lowest BCUT2D eigenvalue weighted by molar-refractivity contribution is -0.342. The van der Waals surface area contributed by atoms with Crippen LogP contribution in [0, 0.1) is 28.6 Å². The third kappa shape index (κ3) is 3.99. The minimum Gasteiger partial charge on any atom is -0.458 e. The van der Waals surface area contributed by atoms with Crippen LogP contribution >= 0.6 is 0 Å². The first-order chi connectivity index (χ1) is 19.2. The lowest BCUT2D eigenvalue weighted by atomic mass is 9.40. The summed E-state index contributed by atoms with van der Waals surface area (Å²) >= 11 is 0. The van der Waals surface area contributed by atoms with Crippen LogP contribution in [-0.4, -0.2) is 120 Å². The van der Waals surface area contributed by atoms with Gasteiger partial charge in [-0.15, -0.1) is 0 Å². The number of ether oxygens (including phenoxy) is 3. The third-order valence-corrected chi connectivity index (χ3v) is 12.2. The van der Waals surface area contributed by atoms with Crippen molar-refractivity contribution in [3.63, 3.8) is 0 Å². The average Bonchev–Trinajstić information content (AvgIpc) is 3.45. The van der Waals surface area contributed by atoms with Crippen molar-refractivity contribution in [3.05, 3.63) is 11.6 Å². The second-order valence-corrected chi connectivity index (χ2v) is 13.8. The Hall–Kier alpha value is -1.19. The molecule has 0 bridgehead atoms. The van der Waals surface area contributed by atoms with E-state index in [1.807, 2.05) is 6.92 Å². The summed E-state index contributed by atoms with van der Waals surface area (Å²) in [5, 5.41) is 89.6. The number of fused-ring (bicyclic) bond motifs is 5. The molecule has 41 heavy (non-hydrogen) atoms. The lowest BCUT2D eigenvalue weighted by Crippen LogP contribution is -2.76. The molecule has 14 unspecified atom stereocenters. The second-order valence-electron chi connectivity index (χ2n) is 13.8. The van der Waals surface area contributed by atoms with Crippen molar-refractivity contribution < 1.29 is 59.9 Å². The molecule has 0 aromatic rings. The maximum absolute atomic E-state index is 12.4. The Morgan fingerprint density at radius 1 is 1.02 bits per heavy atom. The molecular formula is C29H44O12. The monoisotopic (exact) mass is 584 g/mol. The van der Waals surface area contributed by atoms with Crippen LogP contribution in [0.2, 0.25) is 0 Å². The number of carbonyl (C=O) groups is 1. The van der Waals surface area contributed by atoms with Gasteiger partial charge in [-0.25, -0.2) is 4.79 Å². The number of esters is 1. The maximum atomic E-state index is 12.4. The maximum Gasteiger partial charge on any atom is 0.331 e. The van der Waals surface area contributed by atoms with Gasteiger partial charge in [-0.1, -0.05) is 6.92 Å². The zero-order valence-corrected chi connectivity index (χ0v) is 23.5. The Kier molecular flexibility index (Phi) is 7.22. The molecule has 232 valence electrons. The van der Waals surface area contributed by atoms with E-state index in [0.29, 0.717) is 19.3 Å². The highest BCUT2D eigenvalue weighted by atomic mass is 16.7. The third-order valence-electron chi connectivity index (χ3n) is 12.2. The van der Waals surface area contributed by atoms with Crippen LogP contribution in [0.1, 0.15) is 58.8 Å². The molecule has 12 heteroatoms. The highest BCUT2D eigenvalue weighted by molar-refractivity contribution is 5.85. The number of aliphatic hydroxyl groups is 8. The van der Waals surface area contributed by atoms with Crippen LogP contribution in [-0.2, 0) is 19.0 Å². The summed E-state index contributed by atoms with van der Waals surface area (Å²) < 4.78 is 16.7. The highest BCUT2D eigenvalue weighted by Crippen LogP contribution is 2.70. The molecule has 8 N–H and O–H groups in total. The summed E-state index contributed by atoms with van der Waals surface area (Å²) in [6.45, 7) is 3.00. The molecule has 12 nitrogen and oxygen atoms in total. The first-order valence-electron chi connectivity index (χ1n) is 14.9. The molecule has 6 aliphatic rings. The molecule has 4 saturated carbocycles. The van der Waals surface area contributed by atoms with Gasteiger partial charge in [0.05, 0.1) is 47.6 Å². The Balaban J connectivity index is 1.28. The Morgan fingerprint density at radius 2 is 1.76 bits per heavy atom. The fraction of sp³-hybridized carbons (Fsp3) is 0.897. The Bertz CT molecular complexity index is 1080. The largest absolute Gasteiger partial charge is 0.458 e. The molecular weight excluding hydrogens is 540 g/mol. The van der Waals surface area contributed by atoms with Gasteiger partial charge in [0, 0.05) is 30.3 Å². The van der Waals surface area contributed by atoms with Gasteiger partial charge in [-0.2, -0.15) is 0 Å². The van der Waals surface area contributed by atoms with Crippen molar-refractivity contribution in [1.82, 2.24) is 0 Å². The predicted octanol–water partition coefficient (Wildman–Crippen LogP) is -1.51. The summed E-state index contributed by atoms with van der Waals surface area (Å²) in [5.74, 6) is -1.93. The van der Waals surface area contributed by atoms with Crippen LogP contribution in [0.15, 0.2) is 11.6 Å². The molecule has 15 atom stereocenters. The fourth-order valence-electron chi connectivity index (χ4n) is 10.1. The van der Waals surface area contributed by atoms with Gasteiger partial charge in [-0.05, 0) is 56.4 Å². The van der Waals surface area contributed by atoms with E-state index in [4.69, 9.17) is 14.2 Å². The Morgan fingerprint density at radius 3 is 2.41 bits per heavy atom. The normalized spacial score (nSPS) is 56.9. The summed E-state index contributed by atoms with van der Waals surface area (Å²) in [6.07, 6.45) is -6.68. The predicted molar refractivity (Wildman–Crippen MR) is 139 cm³/mol. The minimum absolute atomic E-state index is 0.0369. The molecule has 0 spiro atoms. The average molecular weight is 585 g/mol. The first kappa shape index (κ1) is 29.9. The van der Waals surface area contributed by atoms with E-state index in [0.717, 1.165) is 5.57 Å². The van der Waals surface area contributed by atoms with Gasteiger partial charge < -0.3 is 55.1 Å². The molecule has 0 aromatic heterocycles. The van der Waals surface area contributed by atoms with Gasteiger partial charge in [-0.3, -0.25) is 0 Å². The highest BCUT2D eigenvalue weighted by Gasteiger charge is 2.75. The molecule has 2 aliphatic heterocycles. The molecule has 0 radical (unpaired) electrons. The van der Waals surface area contributed by atoms with Gasteiger partial charge >= 0.3 is 5.97 Å². The van der Waals surface area contributed by atoms with Gasteiger partial charge in [0.25, 0.3) is 0 Å². The van der Waals surface area contributed by atoms with E-state index in [9.17, 15) is 45.6 Å². The zero-order chi connectivity index (χ0) is 29.7. The smallest absolute Gasteiger partial charge is 0.331 e. The standard InChI is InChI=1S/C29H44O12/c1-13-22(34)23(35)24(36)25(40-13)41-15-8-19(32)28(12-30)21-17(3-5-27(28,37)9-15)29(38)6-4-16(14-7-20(33)39-11-14)26(29,2)10-18(21)31/h7,13,15-19,21-25,30-32,34-38H,3-6,8-12H2,1-2H3/t13?,15?,16?,17?,18-,19?,21?,22?,23?,24?,25?,26?,27?,28?,29?/m1/s1. The summed E-state index contributed by atoms with van der Waals surface area (Å²) in [4.78, 5) is 11.8. The quantitative estimate of drug-likeness (QED) is 0.140. The molecule has 1 saturated heterocycles. The summed E-state index contributed by atoms with van der Waals surface area (Å²) in [6, 6.07) is 0. The fourth-order valence-corrected chi connectivity index (χ4v) is 10.1. The van der Waals surface area contributed by atoms with Crippen molar-refractivity contribution in [2.45, 2.75) is 119 Å². The van der Waals surface area contributed by atoms with Crippen molar-refractivity contribution >= 4 is 5.97 Å². The molecule has 4 aliphatic carbocycles. The van der Waals surface area contributed by atoms with Crippen LogP contribution in [0.5, 0.6) is 0 Å². The number of aliphatic hydroxyl groups excluding tert-OH is 6. The molecule has 5 fully saturated rings. The number of hydrogen-bond acceptors (Lipinski definition) is 12. The molecule has 2 heterocycles. The summed E-state index contributed by atoms with van der Waals surface area (Å²) in [5.41, 5.74) is -4.46. The number of rotatable bonds is 4. The van der Waals surface area contributed by atoms with Crippen LogP contribution in [0.4, 0.5) is 0 Å². The molecule has 0 amide bonds. The summed E-state index contributed by atoms with van der Waals surface area (Å²) in [7, 11) is 0. The topological polar surface area (TPSA) is 207 Å². The van der Waals surface area contributed by atoms with Gasteiger partial charge in [0.15, 0.2) is 6.29 Å². The van der Waals surface area contributed by atoms with Crippen molar-refractivity contribution in [2.24, 2.45) is 28.6 Å². The van der Waals surface area contributed by atoms with Crippen molar-refractivity contribution in [3.8, 4) is 0 Å². The Labute approximate surface area is 238 Å². The second kappa shape index (κ2) is 9.91. The minimum atomic E-state index is -1.67. The van der Waals surface area contributed by atoms with Crippen molar-refractivity contribution in [2.75, 3.05) is 13.2 Å². The lowest BCUT2D eigenvalue weighted by Gasteiger charge is -2.68. The van der Waals surface area contributed by atoms with Crippen LogP contribution in [0.25, 0.3) is 0 Å². The number of cyclic esters (lactones) is 1. The number of carbonyl (C=O) groups excluding carboxylic acids is 1. The number of hydrogen-bond donors (Lipinski definition) is 8. The van der Waals surface area contributed by atoms with Gasteiger partial charge in [0.2, 0.25) is 0 Å². The zero-order valence-electron chi connectivity index (χ0n) is 23.5. The van der Waals surface area contributed by atoms with E-state index in [-0.39, 0.29) is 38.2 Å². The van der Waals surface area contributed by atoms with E-state index in [2.05, 4.69) is 0 Å². The van der Waals surface area contributed by atoms with Crippen LogP contribution in [0.3, 0.4) is 0 Å². The van der Waals surface area contributed by atoms with Gasteiger partial charge in [0.1, 0.15) is 24.9 Å². The van der Waals surface area contributed by atoms with E-state index in [1.165, 1.54) is 13.0 Å². The van der Waals surface area contributed by atoms with Crippen LogP contribution < -0.4 is 0 Å². The molecule has 0 aromatic carbocycles. The van der Waals surface area contributed by atoms with E-state index < -0.39 is 95.5 Å².